The molecular weight excluding hydrogens is 212 g/mol. The number of piperidine rings is 1. The molecule has 1 fully saturated rings. The second kappa shape index (κ2) is 6.39. The molecule has 0 saturated carbocycles. The Balaban J connectivity index is 2.51. The highest BCUT2D eigenvalue weighted by Gasteiger charge is 2.30. The second-order valence-electron chi connectivity index (χ2n) is 5.75. The highest BCUT2D eigenvalue weighted by Crippen LogP contribution is 2.21. The molecule has 0 aromatic carbocycles. The molecule has 3 nitrogen and oxygen atoms in total. The van der Waals surface area contributed by atoms with Crippen molar-refractivity contribution in [1.82, 2.24) is 10.2 Å². The summed E-state index contributed by atoms with van der Waals surface area (Å²) in [4.78, 5) is 14.3. The summed E-state index contributed by atoms with van der Waals surface area (Å²) in [7, 11) is 0. The standard InChI is InChI=1S/C14H28N2O/c1-6-15-13-7-8-16(9-11(13)4)14(17)12(5)10(2)3/h10-13,15H,6-9H2,1-5H3. The Hall–Kier alpha value is -0.570. The number of amides is 1. The zero-order valence-corrected chi connectivity index (χ0v) is 12.0. The van der Waals surface area contributed by atoms with Gasteiger partial charge in [0.1, 0.15) is 0 Å². The summed E-state index contributed by atoms with van der Waals surface area (Å²) >= 11 is 0. The lowest BCUT2D eigenvalue weighted by molar-refractivity contribution is -0.138. The minimum Gasteiger partial charge on any atom is -0.342 e. The molecule has 0 spiro atoms. The number of hydrogen-bond donors (Lipinski definition) is 1. The molecule has 0 aliphatic carbocycles. The third kappa shape index (κ3) is 3.70. The van der Waals surface area contributed by atoms with Gasteiger partial charge in [0.05, 0.1) is 0 Å². The van der Waals surface area contributed by atoms with E-state index in [1.54, 1.807) is 0 Å². The quantitative estimate of drug-likeness (QED) is 0.816. The molecule has 100 valence electrons. The molecule has 0 radical (unpaired) electrons. The lowest BCUT2D eigenvalue weighted by Crippen LogP contribution is -2.51. The van der Waals surface area contributed by atoms with Crippen LogP contribution in [0, 0.1) is 17.8 Å². The van der Waals surface area contributed by atoms with Crippen molar-refractivity contribution in [2.75, 3.05) is 19.6 Å². The van der Waals surface area contributed by atoms with Gasteiger partial charge in [-0.2, -0.15) is 0 Å². The molecule has 0 aromatic heterocycles. The number of carbonyl (C=O) groups is 1. The van der Waals surface area contributed by atoms with Crippen molar-refractivity contribution >= 4 is 5.91 Å². The van der Waals surface area contributed by atoms with E-state index >= 15 is 0 Å². The Labute approximate surface area is 106 Å². The first-order chi connectivity index (χ1) is 7.97. The minimum absolute atomic E-state index is 0.151. The molecule has 1 heterocycles. The van der Waals surface area contributed by atoms with E-state index in [9.17, 15) is 4.79 Å². The van der Waals surface area contributed by atoms with E-state index < -0.39 is 0 Å². The largest absolute Gasteiger partial charge is 0.342 e. The van der Waals surface area contributed by atoms with Gasteiger partial charge in [0.25, 0.3) is 0 Å². The Morgan fingerprint density at radius 2 is 2.06 bits per heavy atom. The molecular formula is C14H28N2O. The number of likely N-dealkylation sites (tertiary alicyclic amines) is 1. The second-order valence-corrected chi connectivity index (χ2v) is 5.75. The number of rotatable bonds is 4. The third-order valence-electron chi connectivity index (χ3n) is 4.07. The van der Waals surface area contributed by atoms with E-state index in [4.69, 9.17) is 0 Å². The van der Waals surface area contributed by atoms with E-state index in [2.05, 4.69) is 37.9 Å². The molecule has 1 aliphatic heterocycles. The molecule has 0 bridgehead atoms. The van der Waals surface area contributed by atoms with Crippen molar-refractivity contribution < 1.29 is 4.79 Å². The van der Waals surface area contributed by atoms with Crippen LogP contribution < -0.4 is 5.32 Å². The Morgan fingerprint density at radius 1 is 1.41 bits per heavy atom. The summed E-state index contributed by atoms with van der Waals surface area (Å²) in [5, 5.41) is 3.51. The molecule has 3 unspecified atom stereocenters. The third-order valence-corrected chi connectivity index (χ3v) is 4.07. The molecule has 17 heavy (non-hydrogen) atoms. The average Bonchev–Trinajstić information content (AvgIpc) is 2.30. The first-order valence-electron chi connectivity index (χ1n) is 6.99. The molecule has 3 heteroatoms. The SMILES string of the molecule is CCNC1CCN(C(=O)C(C)C(C)C)CC1C. The van der Waals surface area contributed by atoms with Gasteiger partial charge >= 0.3 is 0 Å². The van der Waals surface area contributed by atoms with E-state index in [1.807, 2.05) is 6.92 Å². The van der Waals surface area contributed by atoms with Crippen LogP contribution in [0.25, 0.3) is 0 Å². The topological polar surface area (TPSA) is 32.3 Å². The molecule has 1 N–H and O–H groups in total. The number of hydrogen-bond acceptors (Lipinski definition) is 2. The summed E-state index contributed by atoms with van der Waals surface area (Å²) in [5.74, 6) is 1.48. The van der Waals surface area contributed by atoms with Crippen molar-refractivity contribution in [1.29, 1.82) is 0 Å². The average molecular weight is 240 g/mol. The summed E-state index contributed by atoms with van der Waals surface area (Å²) in [5.41, 5.74) is 0. The Kier molecular flexibility index (Phi) is 5.44. The van der Waals surface area contributed by atoms with Crippen LogP contribution in [-0.2, 0) is 4.79 Å². The van der Waals surface area contributed by atoms with Gasteiger partial charge in [0.15, 0.2) is 0 Å². The van der Waals surface area contributed by atoms with E-state index in [0.29, 0.717) is 23.8 Å². The maximum Gasteiger partial charge on any atom is 0.225 e. The first-order valence-corrected chi connectivity index (χ1v) is 6.99. The van der Waals surface area contributed by atoms with Crippen molar-refractivity contribution in [3.8, 4) is 0 Å². The fourth-order valence-electron chi connectivity index (χ4n) is 2.48. The lowest BCUT2D eigenvalue weighted by Gasteiger charge is -2.38. The minimum atomic E-state index is 0.151. The number of carbonyl (C=O) groups excluding carboxylic acids is 1. The van der Waals surface area contributed by atoms with E-state index in [-0.39, 0.29) is 5.92 Å². The number of nitrogens with one attached hydrogen (secondary N) is 1. The Bertz CT molecular complexity index is 253. The molecule has 1 rings (SSSR count). The molecule has 1 amide bonds. The number of nitrogens with zero attached hydrogens (tertiary/aromatic N) is 1. The molecule has 1 aliphatic rings. The van der Waals surface area contributed by atoms with Crippen LogP contribution in [-0.4, -0.2) is 36.5 Å². The maximum atomic E-state index is 12.3. The van der Waals surface area contributed by atoms with Crippen LogP contribution in [0.4, 0.5) is 0 Å². The van der Waals surface area contributed by atoms with Crippen molar-refractivity contribution in [2.45, 2.75) is 47.1 Å². The fourth-order valence-corrected chi connectivity index (χ4v) is 2.48. The molecule has 1 saturated heterocycles. The van der Waals surface area contributed by atoms with Crippen LogP contribution >= 0.6 is 0 Å². The highest BCUT2D eigenvalue weighted by atomic mass is 16.2. The van der Waals surface area contributed by atoms with Crippen LogP contribution in [0.5, 0.6) is 0 Å². The summed E-state index contributed by atoms with van der Waals surface area (Å²) in [6.45, 7) is 13.5. The first kappa shape index (κ1) is 14.5. The summed E-state index contributed by atoms with van der Waals surface area (Å²) in [6, 6.07) is 0.582. The van der Waals surface area contributed by atoms with Crippen molar-refractivity contribution in [3.05, 3.63) is 0 Å². The monoisotopic (exact) mass is 240 g/mol. The molecule has 0 aromatic rings. The fraction of sp³-hybridized carbons (Fsp3) is 0.929. The van der Waals surface area contributed by atoms with Gasteiger partial charge in [-0.1, -0.05) is 34.6 Å². The Morgan fingerprint density at radius 3 is 2.53 bits per heavy atom. The predicted octanol–water partition coefficient (Wildman–Crippen LogP) is 2.12. The van der Waals surface area contributed by atoms with Crippen molar-refractivity contribution in [2.24, 2.45) is 17.8 Å². The van der Waals surface area contributed by atoms with Crippen LogP contribution in [0.1, 0.15) is 41.0 Å². The van der Waals surface area contributed by atoms with Crippen LogP contribution in [0.2, 0.25) is 0 Å². The van der Waals surface area contributed by atoms with E-state index in [1.165, 1.54) is 0 Å². The predicted molar refractivity (Wildman–Crippen MR) is 71.8 cm³/mol. The van der Waals surface area contributed by atoms with Gasteiger partial charge in [0, 0.05) is 25.0 Å². The van der Waals surface area contributed by atoms with Gasteiger partial charge in [-0.3, -0.25) is 4.79 Å². The van der Waals surface area contributed by atoms with E-state index in [0.717, 1.165) is 26.1 Å². The van der Waals surface area contributed by atoms with Gasteiger partial charge in [-0.05, 0) is 24.8 Å². The van der Waals surface area contributed by atoms with Gasteiger partial charge in [-0.25, -0.2) is 0 Å². The zero-order chi connectivity index (χ0) is 13.0. The van der Waals surface area contributed by atoms with Crippen LogP contribution in [0.3, 0.4) is 0 Å². The van der Waals surface area contributed by atoms with Gasteiger partial charge in [-0.15, -0.1) is 0 Å². The summed E-state index contributed by atoms with van der Waals surface area (Å²) in [6.07, 6.45) is 1.09. The highest BCUT2D eigenvalue weighted by molar-refractivity contribution is 5.78. The normalized spacial score (nSPS) is 27.3. The van der Waals surface area contributed by atoms with Gasteiger partial charge < -0.3 is 10.2 Å². The van der Waals surface area contributed by atoms with Gasteiger partial charge in [0.2, 0.25) is 5.91 Å². The smallest absolute Gasteiger partial charge is 0.225 e. The molecule has 3 atom stereocenters. The van der Waals surface area contributed by atoms with Crippen molar-refractivity contribution in [3.63, 3.8) is 0 Å². The van der Waals surface area contributed by atoms with Crippen LogP contribution in [0.15, 0.2) is 0 Å². The zero-order valence-electron chi connectivity index (χ0n) is 12.0. The lowest BCUT2D eigenvalue weighted by atomic mass is 9.91. The maximum absolute atomic E-state index is 12.3. The summed E-state index contributed by atoms with van der Waals surface area (Å²) < 4.78 is 0.